The zero-order valence-corrected chi connectivity index (χ0v) is 13.7. The van der Waals surface area contributed by atoms with Crippen LogP contribution in [0.5, 0.6) is 5.75 Å². The molecule has 0 heterocycles. The highest BCUT2D eigenvalue weighted by Gasteiger charge is 2.29. The van der Waals surface area contributed by atoms with E-state index in [1.807, 2.05) is 30.3 Å². The summed E-state index contributed by atoms with van der Waals surface area (Å²) in [6.07, 6.45) is -1.56. The third kappa shape index (κ3) is 5.99. The quantitative estimate of drug-likeness (QED) is 0.730. The molecular weight excluding hydrogens is 331 g/mol. The van der Waals surface area contributed by atoms with Gasteiger partial charge in [-0.25, -0.2) is 0 Å². The fraction of sp³-hybridized carbons (Fsp3) is 0.211. The van der Waals surface area contributed by atoms with Crippen LogP contribution in [0.15, 0.2) is 60.7 Å². The zero-order valence-electron chi connectivity index (χ0n) is 13.7. The summed E-state index contributed by atoms with van der Waals surface area (Å²) in [6.45, 7) is 0.742. The topological polar surface area (TPSA) is 29.5 Å². The first-order chi connectivity index (χ1) is 11.9. The summed E-state index contributed by atoms with van der Waals surface area (Å²) in [5.41, 5.74) is -0.193. The van der Waals surface area contributed by atoms with Crippen molar-refractivity contribution in [3.8, 4) is 5.75 Å². The monoisotopic (exact) mass is 349 g/mol. The van der Waals surface area contributed by atoms with E-state index in [9.17, 15) is 18.0 Å². The van der Waals surface area contributed by atoms with Crippen LogP contribution in [0.1, 0.15) is 11.1 Å². The van der Waals surface area contributed by atoms with Gasteiger partial charge in [-0.2, -0.15) is 13.2 Å². The van der Waals surface area contributed by atoms with E-state index in [4.69, 9.17) is 4.74 Å². The average Bonchev–Trinajstić information content (AvgIpc) is 2.60. The number of para-hydroxylation sites is 1. The van der Waals surface area contributed by atoms with Gasteiger partial charge in [-0.3, -0.25) is 4.79 Å². The highest BCUT2D eigenvalue weighted by molar-refractivity contribution is 5.91. The predicted molar refractivity (Wildman–Crippen MR) is 90.1 cm³/mol. The van der Waals surface area contributed by atoms with Crippen molar-refractivity contribution in [3.63, 3.8) is 0 Å². The van der Waals surface area contributed by atoms with Crippen LogP contribution in [0.25, 0.3) is 6.08 Å². The van der Waals surface area contributed by atoms with Crippen LogP contribution in [0.2, 0.25) is 0 Å². The molecule has 2 rings (SSSR count). The molecule has 3 nitrogen and oxygen atoms in total. The number of nitrogens with zero attached hydrogens (tertiary/aromatic N) is 1. The Morgan fingerprint density at radius 2 is 1.72 bits per heavy atom. The molecule has 1 amide bonds. The lowest BCUT2D eigenvalue weighted by Crippen LogP contribution is -2.29. The fourth-order valence-corrected chi connectivity index (χ4v) is 2.01. The molecular formula is C19H18F3NO2. The first-order valence-electron chi connectivity index (χ1n) is 7.64. The molecule has 0 aliphatic carbocycles. The SMILES string of the molecule is CN(CCOc1ccccc1)C(=O)/C=C/c1ccc(C(F)(F)F)cc1. The molecule has 132 valence electrons. The Balaban J connectivity index is 1.82. The lowest BCUT2D eigenvalue weighted by atomic mass is 10.1. The maximum Gasteiger partial charge on any atom is 0.416 e. The highest BCUT2D eigenvalue weighted by atomic mass is 19.4. The third-order valence-corrected chi connectivity index (χ3v) is 3.47. The molecule has 25 heavy (non-hydrogen) atoms. The van der Waals surface area contributed by atoms with Crippen LogP contribution in [-0.4, -0.2) is 31.0 Å². The maximum absolute atomic E-state index is 12.5. The second kappa shape index (κ2) is 8.37. The van der Waals surface area contributed by atoms with E-state index in [0.717, 1.165) is 17.9 Å². The molecule has 2 aromatic carbocycles. The van der Waals surface area contributed by atoms with E-state index >= 15 is 0 Å². The van der Waals surface area contributed by atoms with Crippen molar-refractivity contribution in [2.75, 3.05) is 20.2 Å². The normalized spacial score (nSPS) is 11.5. The molecule has 0 fully saturated rings. The van der Waals surface area contributed by atoms with E-state index < -0.39 is 11.7 Å². The standard InChI is InChI=1S/C19H18F3NO2/c1-23(13-14-25-17-5-3-2-4-6-17)18(24)12-9-15-7-10-16(11-8-15)19(20,21)22/h2-12H,13-14H2,1H3/b12-9+. The summed E-state index contributed by atoms with van der Waals surface area (Å²) in [5.74, 6) is 0.472. The number of alkyl halides is 3. The molecule has 6 heteroatoms. The second-order valence-electron chi connectivity index (χ2n) is 5.37. The van der Waals surface area contributed by atoms with Crippen LogP contribution in [0.4, 0.5) is 13.2 Å². The van der Waals surface area contributed by atoms with Gasteiger partial charge in [0.25, 0.3) is 0 Å². The van der Waals surface area contributed by atoms with Crippen molar-refractivity contribution >= 4 is 12.0 Å². The summed E-state index contributed by atoms with van der Waals surface area (Å²) in [4.78, 5) is 13.5. The molecule has 2 aromatic rings. The summed E-state index contributed by atoms with van der Waals surface area (Å²) in [6, 6.07) is 13.9. The lowest BCUT2D eigenvalue weighted by molar-refractivity contribution is -0.137. The van der Waals surface area contributed by atoms with Gasteiger partial charge in [0.15, 0.2) is 0 Å². The molecule has 0 atom stereocenters. The summed E-state index contributed by atoms with van der Waals surface area (Å²) in [7, 11) is 1.63. The van der Waals surface area contributed by atoms with Gasteiger partial charge in [-0.05, 0) is 35.9 Å². The molecule has 0 bridgehead atoms. The van der Waals surface area contributed by atoms with E-state index in [2.05, 4.69) is 0 Å². The summed E-state index contributed by atoms with van der Waals surface area (Å²) >= 11 is 0. The number of hydrogen-bond donors (Lipinski definition) is 0. The first kappa shape index (κ1) is 18.6. The van der Waals surface area contributed by atoms with Crippen molar-refractivity contribution in [1.29, 1.82) is 0 Å². The van der Waals surface area contributed by atoms with E-state index in [1.165, 1.54) is 29.2 Å². The van der Waals surface area contributed by atoms with Crippen molar-refractivity contribution in [2.24, 2.45) is 0 Å². The van der Waals surface area contributed by atoms with Crippen molar-refractivity contribution in [1.82, 2.24) is 4.90 Å². The number of rotatable bonds is 6. The largest absolute Gasteiger partial charge is 0.492 e. The Morgan fingerprint density at radius 1 is 1.08 bits per heavy atom. The van der Waals surface area contributed by atoms with Gasteiger partial charge < -0.3 is 9.64 Å². The summed E-state index contributed by atoms with van der Waals surface area (Å²) < 4.78 is 43.0. The van der Waals surface area contributed by atoms with Gasteiger partial charge in [0.1, 0.15) is 12.4 Å². The molecule has 0 unspecified atom stereocenters. The minimum atomic E-state index is -4.36. The number of hydrogen-bond acceptors (Lipinski definition) is 2. The van der Waals surface area contributed by atoms with Gasteiger partial charge >= 0.3 is 6.18 Å². The van der Waals surface area contributed by atoms with Crippen LogP contribution in [-0.2, 0) is 11.0 Å². The van der Waals surface area contributed by atoms with Crippen LogP contribution in [0, 0.1) is 0 Å². The first-order valence-corrected chi connectivity index (χ1v) is 7.64. The van der Waals surface area contributed by atoms with Crippen molar-refractivity contribution in [2.45, 2.75) is 6.18 Å². The Kier molecular flexibility index (Phi) is 6.22. The fourth-order valence-electron chi connectivity index (χ4n) is 2.01. The molecule has 0 aromatic heterocycles. The van der Waals surface area contributed by atoms with E-state index in [0.29, 0.717) is 18.7 Å². The molecule has 0 spiro atoms. The van der Waals surface area contributed by atoms with Gasteiger partial charge in [-0.15, -0.1) is 0 Å². The Labute approximate surface area is 144 Å². The minimum absolute atomic E-state index is 0.253. The van der Waals surface area contributed by atoms with Gasteiger partial charge in [0.05, 0.1) is 12.1 Å². The molecule has 0 saturated heterocycles. The Bertz CT molecular complexity index is 710. The van der Waals surface area contributed by atoms with E-state index in [-0.39, 0.29) is 5.91 Å². The minimum Gasteiger partial charge on any atom is -0.492 e. The molecule has 0 radical (unpaired) electrons. The summed E-state index contributed by atoms with van der Waals surface area (Å²) in [5, 5.41) is 0. The Morgan fingerprint density at radius 3 is 2.32 bits per heavy atom. The second-order valence-corrected chi connectivity index (χ2v) is 5.37. The van der Waals surface area contributed by atoms with Gasteiger partial charge in [0, 0.05) is 13.1 Å². The number of ether oxygens (including phenoxy) is 1. The lowest BCUT2D eigenvalue weighted by Gasteiger charge is -2.15. The highest BCUT2D eigenvalue weighted by Crippen LogP contribution is 2.29. The number of carbonyl (C=O) groups is 1. The molecule has 0 saturated carbocycles. The Hall–Kier alpha value is -2.76. The number of halogens is 3. The molecule has 0 aliphatic heterocycles. The number of likely N-dealkylation sites (N-methyl/N-ethyl adjacent to an activating group) is 1. The van der Waals surface area contributed by atoms with Crippen molar-refractivity contribution in [3.05, 3.63) is 71.8 Å². The number of carbonyl (C=O) groups excluding carboxylic acids is 1. The van der Waals surface area contributed by atoms with Gasteiger partial charge in [0.2, 0.25) is 5.91 Å². The number of amides is 1. The van der Waals surface area contributed by atoms with Gasteiger partial charge in [-0.1, -0.05) is 30.3 Å². The molecule has 0 N–H and O–H groups in total. The van der Waals surface area contributed by atoms with Crippen LogP contribution < -0.4 is 4.74 Å². The molecule has 0 aliphatic rings. The number of benzene rings is 2. The predicted octanol–water partition coefficient (Wildman–Crippen LogP) is 4.26. The van der Waals surface area contributed by atoms with Crippen molar-refractivity contribution < 1.29 is 22.7 Å². The smallest absolute Gasteiger partial charge is 0.416 e. The van der Waals surface area contributed by atoms with Crippen LogP contribution >= 0.6 is 0 Å². The average molecular weight is 349 g/mol. The van der Waals surface area contributed by atoms with Crippen LogP contribution in [0.3, 0.4) is 0 Å². The maximum atomic E-state index is 12.5. The zero-order chi connectivity index (χ0) is 18.3. The third-order valence-electron chi connectivity index (χ3n) is 3.47. The van der Waals surface area contributed by atoms with E-state index in [1.54, 1.807) is 7.05 Å².